The van der Waals surface area contributed by atoms with Gasteiger partial charge in [0.25, 0.3) is 0 Å². The molecule has 2 aromatic rings. The van der Waals surface area contributed by atoms with Crippen molar-refractivity contribution in [2.24, 2.45) is 0 Å². The van der Waals surface area contributed by atoms with Crippen LogP contribution in [0.15, 0.2) is 41.8 Å². The van der Waals surface area contributed by atoms with Crippen molar-refractivity contribution in [2.75, 3.05) is 26.2 Å². The van der Waals surface area contributed by atoms with E-state index in [1.54, 1.807) is 16.2 Å². The van der Waals surface area contributed by atoms with Crippen LogP contribution in [-0.2, 0) is 11.2 Å². The van der Waals surface area contributed by atoms with Crippen LogP contribution in [0, 0.1) is 0 Å². The van der Waals surface area contributed by atoms with Crippen LogP contribution in [0.4, 0.5) is 4.79 Å². The quantitative estimate of drug-likeness (QED) is 0.688. The number of benzene rings is 1. The number of hydrogen-bond donors (Lipinski definition) is 1. The van der Waals surface area contributed by atoms with Crippen LogP contribution < -0.4 is 10.1 Å². The Balaban J connectivity index is 1.77. The number of ether oxygens (including phenoxy) is 1. The van der Waals surface area contributed by atoms with E-state index in [1.165, 1.54) is 4.88 Å². The van der Waals surface area contributed by atoms with Crippen molar-refractivity contribution in [3.63, 3.8) is 0 Å². The Bertz CT molecular complexity index is 839. The Morgan fingerprint density at radius 3 is 2.73 bits per heavy atom. The van der Waals surface area contributed by atoms with Gasteiger partial charge in [0.2, 0.25) is 5.91 Å². The van der Waals surface area contributed by atoms with Crippen LogP contribution in [-0.4, -0.2) is 54.0 Å². The van der Waals surface area contributed by atoms with Crippen molar-refractivity contribution in [3.8, 4) is 5.75 Å². The highest BCUT2D eigenvalue weighted by Crippen LogP contribution is 2.34. The molecule has 0 aliphatic carbocycles. The van der Waals surface area contributed by atoms with Gasteiger partial charge in [0, 0.05) is 24.0 Å². The third-order valence-electron chi connectivity index (χ3n) is 5.58. The summed E-state index contributed by atoms with van der Waals surface area (Å²) in [4.78, 5) is 30.7. The fourth-order valence-electron chi connectivity index (χ4n) is 3.70. The fraction of sp³-hybridized carbons (Fsp3) is 0.478. The van der Waals surface area contributed by atoms with Gasteiger partial charge in [-0.2, -0.15) is 0 Å². The van der Waals surface area contributed by atoms with Crippen molar-refractivity contribution in [1.82, 2.24) is 15.1 Å². The van der Waals surface area contributed by atoms with Gasteiger partial charge < -0.3 is 19.9 Å². The second kappa shape index (κ2) is 10.5. The standard InChI is InChI=1S/C23H31N3O3S/c1-4-17(3)26(23(28)24-5-2)15-22(27)25-13-11-21-19(12-14-30-21)20(25)16-29-18-9-7-6-8-10-18/h6-10,12,14,17,20H,4-5,11,13,15-16H2,1-3H3,(H,24,28)/t17-,20+/m1/s1. The molecule has 0 spiro atoms. The summed E-state index contributed by atoms with van der Waals surface area (Å²) in [6, 6.07) is 11.4. The summed E-state index contributed by atoms with van der Waals surface area (Å²) in [5, 5.41) is 4.91. The summed E-state index contributed by atoms with van der Waals surface area (Å²) in [7, 11) is 0. The van der Waals surface area contributed by atoms with Gasteiger partial charge in [-0.1, -0.05) is 25.1 Å². The lowest BCUT2D eigenvalue weighted by molar-refractivity contribution is -0.135. The van der Waals surface area contributed by atoms with E-state index in [0.717, 1.165) is 24.2 Å². The second-order valence-electron chi connectivity index (χ2n) is 7.50. The van der Waals surface area contributed by atoms with Crippen LogP contribution in [0.5, 0.6) is 5.75 Å². The van der Waals surface area contributed by atoms with E-state index < -0.39 is 0 Å². The van der Waals surface area contributed by atoms with Crippen molar-refractivity contribution in [2.45, 2.75) is 45.7 Å². The summed E-state index contributed by atoms with van der Waals surface area (Å²) in [6.07, 6.45) is 1.63. The molecular formula is C23H31N3O3S. The first-order chi connectivity index (χ1) is 14.5. The Morgan fingerprint density at radius 1 is 1.27 bits per heavy atom. The molecule has 0 unspecified atom stereocenters. The zero-order valence-electron chi connectivity index (χ0n) is 18.0. The van der Waals surface area contributed by atoms with E-state index in [0.29, 0.717) is 19.7 Å². The molecule has 2 atom stereocenters. The van der Waals surface area contributed by atoms with Gasteiger partial charge in [0.15, 0.2) is 0 Å². The van der Waals surface area contributed by atoms with Gasteiger partial charge in [-0.05, 0) is 55.8 Å². The minimum atomic E-state index is -0.189. The monoisotopic (exact) mass is 429 g/mol. The largest absolute Gasteiger partial charge is 0.491 e. The summed E-state index contributed by atoms with van der Waals surface area (Å²) >= 11 is 1.73. The molecule has 2 heterocycles. The highest BCUT2D eigenvalue weighted by molar-refractivity contribution is 7.10. The Kier molecular flexibility index (Phi) is 7.74. The number of nitrogens with one attached hydrogen (secondary N) is 1. The molecular weight excluding hydrogens is 398 g/mol. The lowest BCUT2D eigenvalue weighted by atomic mass is 10.00. The number of para-hydroxylation sites is 1. The number of fused-ring (bicyclic) bond motifs is 1. The second-order valence-corrected chi connectivity index (χ2v) is 8.50. The molecule has 0 radical (unpaired) electrons. The average molecular weight is 430 g/mol. The molecule has 0 bridgehead atoms. The molecule has 0 saturated carbocycles. The number of amides is 3. The maximum Gasteiger partial charge on any atom is 0.318 e. The van der Waals surface area contributed by atoms with Gasteiger partial charge in [-0.3, -0.25) is 4.79 Å². The molecule has 1 aliphatic rings. The van der Waals surface area contributed by atoms with Crippen LogP contribution in [0.1, 0.15) is 43.7 Å². The molecule has 6 nitrogen and oxygen atoms in total. The van der Waals surface area contributed by atoms with Gasteiger partial charge in [-0.15, -0.1) is 11.3 Å². The smallest absolute Gasteiger partial charge is 0.318 e. The molecule has 1 aromatic heterocycles. The van der Waals surface area contributed by atoms with Crippen molar-refractivity contribution in [3.05, 3.63) is 52.2 Å². The predicted octanol–water partition coefficient (Wildman–Crippen LogP) is 4.08. The maximum absolute atomic E-state index is 13.3. The number of carbonyl (C=O) groups excluding carboxylic acids is 2. The predicted molar refractivity (Wildman–Crippen MR) is 120 cm³/mol. The SMILES string of the molecule is CCNC(=O)N(CC(=O)N1CCc2sccc2[C@@H]1COc1ccccc1)[C@H](C)CC. The third-order valence-corrected chi connectivity index (χ3v) is 6.58. The number of nitrogens with zero attached hydrogens (tertiary/aromatic N) is 2. The molecule has 1 aromatic carbocycles. The molecule has 1 aliphatic heterocycles. The van der Waals surface area contributed by atoms with Gasteiger partial charge in [0.05, 0.1) is 6.04 Å². The van der Waals surface area contributed by atoms with E-state index in [1.807, 2.05) is 56.0 Å². The number of urea groups is 1. The van der Waals surface area contributed by atoms with E-state index in [-0.39, 0.29) is 30.6 Å². The first-order valence-corrected chi connectivity index (χ1v) is 11.5. The normalized spacial score (nSPS) is 16.5. The zero-order chi connectivity index (χ0) is 21.5. The van der Waals surface area contributed by atoms with E-state index >= 15 is 0 Å². The number of hydrogen-bond acceptors (Lipinski definition) is 4. The summed E-state index contributed by atoms with van der Waals surface area (Å²) in [5.41, 5.74) is 1.16. The Hall–Kier alpha value is -2.54. The van der Waals surface area contributed by atoms with E-state index in [9.17, 15) is 9.59 Å². The highest BCUT2D eigenvalue weighted by atomic mass is 32.1. The number of rotatable bonds is 8. The molecule has 3 rings (SSSR count). The van der Waals surface area contributed by atoms with Gasteiger partial charge in [0.1, 0.15) is 18.9 Å². The highest BCUT2D eigenvalue weighted by Gasteiger charge is 2.34. The first-order valence-electron chi connectivity index (χ1n) is 10.6. The fourth-order valence-corrected chi connectivity index (χ4v) is 4.63. The Morgan fingerprint density at radius 2 is 2.03 bits per heavy atom. The summed E-state index contributed by atoms with van der Waals surface area (Å²) in [6.45, 7) is 7.52. The van der Waals surface area contributed by atoms with Gasteiger partial charge in [-0.25, -0.2) is 4.79 Å². The lowest BCUT2D eigenvalue weighted by Gasteiger charge is -2.38. The molecule has 1 N–H and O–H groups in total. The van der Waals surface area contributed by atoms with Crippen molar-refractivity contribution < 1.29 is 14.3 Å². The minimum absolute atomic E-state index is 0.0129. The average Bonchev–Trinajstić information content (AvgIpc) is 3.25. The Labute approximate surface area is 182 Å². The number of carbonyl (C=O) groups is 2. The molecule has 0 fully saturated rings. The maximum atomic E-state index is 13.3. The molecule has 162 valence electrons. The number of thiophene rings is 1. The van der Waals surface area contributed by atoms with E-state index in [2.05, 4.69) is 16.8 Å². The van der Waals surface area contributed by atoms with Crippen LogP contribution in [0.2, 0.25) is 0 Å². The van der Waals surface area contributed by atoms with Crippen LogP contribution >= 0.6 is 11.3 Å². The van der Waals surface area contributed by atoms with Crippen LogP contribution in [0.25, 0.3) is 0 Å². The van der Waals surface area contributed by atoms with E-state index in [4.69, 9.17) is 4.74 Å². The third kappa shape index (κ3) is 5.14. The minimum Gasteiger partial charge on any atom is -0.491 e. The summed E-state index contributed by atoms with van der Waals surface area (Å²) in [5.74, 6) is 0.746. The van der Waals surface area contributed by atoms with Crippen LogP contribution in [0.3, 0.4) is 0 Å². The lowest BCUT2D eigenvalue weighted by Crippen LogP contribution is -2.52. The topological polar surface area (TPSA) is 61.9 Å². The van der Waals surface area contributed by atoms with Crippen molar-refractivity contribution in [1.29, 1.82) is 0 Å². The van der Waals surface area contributed by atoms with Gasteiger partial charge >= 0.3 is 6.03 Å². The summed E-state index contributed by atoms with van der Waals surface area (Å²) < 4.78 is 6.03. The molecule has 3 amide bonds. The van der Waals surface area contributed by atoms with Crippen molar-refractivity contribution >= 4 is 23.3 Å². The zero-order valence-corrected chi connectivity index (χ0v) is 18.8. The molecule has 30 heavy (non-hydrogen) atoms. The first kappa shape index (κ1) is 22.2. The molecule has 0 saturated heterocycles. The molecule has 7 heteroatoms.